The highest BCUT2D eigenvalue weighted by Crippen LogP contribution is 2.34. The lowest BCUT2D eigenvalue weighted by atomic mass is 9.90. The average Bonchev–Trinajstić information content (AvgIpc) is 3.22. The number of nitrogens with zero attached hydrogens (tertiary/aromatic N) is 1. The van der Waals surface area contributed by atoms with Crippen molar-refractivity contribution in [3.8, 4) is 0 Å². The largest absolute Gasteiger partial charge is 0.478 e. The Bertz CT molecular complexity index is 863. The van der Waals surface area contributed by atoms with Gasteiger partial charge in [0.15, 0.2) is 5.76 Å². The van der Waals surface area contributed by atoms with Crippen molar-refractivity contribution >= 4 is 11.9 Å². The molecule has 2 heterocycles. The van der Waals surface area contributed by atoms with Gasteiger partial charge in [-0.2, -0.15) is 0 Å². The second-order valence-electron chi connectivity index (χ2n) is 8.19. The van der Waals surface area contributed by atoms with Crippen molar-refractivity contribution < 1.29 is 19.1 Å². The standard InChI is InChI=1S/C21H26N2O4/c1-21(2,3)18-14(10-17(27-18)19(22)24)12-23-9-8-13(11-23)15-6-4-5-7-16(15)20(25)26/h4-7,10,13H,8-9,11-12H2,1-3H3,(H2,22,24)(H,25,26)/t13-/m1/s1. The summed E-state index contributed by atoms with van der Waals surface area (Å²) in [5, 5.41) is 9.44. The van der Waals surface area contributed by atoms with Gasteiger partial charge in [0.05, 0.1) is 5.56 Å². The number of amides is 1. The monoisotopic (exact) mass is 370 g/mol. The van der Waals surface area contributed by atoms with Crippen LogP contribution in [0.3, 0.4) is 0 Å². The van der Waals surface area contributed by atoms with Gasteiger partial charge in [-0.25, -0.2) is 4.79 Å². The van der Waals surface area contributed by atoms with Gasteiger partial charge in [-0.05, 0) is 36.6 Å². The molecule has 0 unspecified atom stereocenters. The van der Waals surface area contributed by atoms with Crippen LogP contribution >= 0.6 is 0 Å². The zero-order chi connectivity index (χ0) is 19.8. The number of carbonyl (C=O) groups excluding carboxylic acids is 1. The average molecular weight is 370 g/mol. The molecular formula is C21H26N2O4. The summed E-state index contributed by atoms with van der Waals surface area (Å²) in [7, 11) is 0. The third-order valence-electron chi connectivity index (χ3n) is 5.03. The van der Waals surface area contributed by atoms with Gasteiger partial charge in [0.1, 0.15) is 5.76 Å². The zero-order valence-electron chi connectivity index (χ0n) is 16.0. The lowest BCUT2D eigenvalue weighted by molar-refractivity contribution is 0.0695. The minimum Gasteiger partial charge on any atom is -0.478 e. The number of aromatic carboxylic acids is 1. The van der Waals surface area contributed by atoms with E-state index in [9.17, 15) is 14.7 Å². The van der Waals surface area contributed by atoms with Crippen LogP contribution in [0.2, 0.25) is 0 Å². The van der Waals surface area contributed by atoms with Crippen LogP contribution in [0.4, 0.5) is 0 Å². The smallest absolute Gasteiger partial charge is 0.335 e. The van der Waals surface area contributed by atoms with Crippen molar-refractivity contribution in [1.82, 2.24) is 4.90 Å². The number of carboxylic acids is 1. The Labute approximate surface area is 159 Å². The van der Waals surface area contributed by atoms with Gasteiger partial charge >= 0.3 is 5.97 Å². The molecule has 1 aliphatic rings. The van der Waals surface area contributed by atoms with Crippen LogP contribution in [-0.2, 0) is 12.0 Å². The third-order valence-corrected chi connectivity index (χ3v) is 5.03. The van der Waals surface area contributed by atoms with E-state index in [4.69, 9.17) is 10.2 Å². The molecule has 1 aromatic heterocycles. The maximum Gasteiger partial charge on any atom is 0.335 e. The number of carboxylic acid groups (broad SMARTS) is 1. The van der Waals surface area contributed by atoms with Crippen LogP contribution in [0.25, 0.3) is 0 Å². The lowest BCUT2D eigenvalue weighted by Gasteiger charge is -2.21. The van der Waals surface area contributed by atoms with E-state index in [0.717, 1.165) is 36.4 Å². The summed E-state index contributed by atoms with van der Waals surface area (Å²) in [6.45, 7) is 8.39. The molecular weight excluding hydrogens is 344 g/mol. The zero-order valence-corrected chi connectivity index (χ0v) is 16.0. The highest BCUT2D eigenvalue weighted by molar-refractivity contribution is 5.90. The first-order valence-corrected chi connectivity index (χ1v) is 9.14. The molecule has 0 radical (unpaired) electrons. The summed E-state index contributed by atoms with van der Waals surface area (Å²) in [4.78, 5) is 25.3. The van der Waals surface area contributed by atoms with E-state index in [1.807, 2.05) is 32.9 Å². The topological polar surface area (TPSA) is 96.8 Å². The Hall–Kier alpha value is -2.60. The van der Waals surface area contributed by atoms with Crippen molar-refractivity contribution in [2.24, 2.45) is 5.73 Å². The van der Waals surface area contributed by atoms with Crippen LogP contribution in [0.5, 0.6) is 0 Å². The van der Waals surface area contributed by atoms with Gasteiger partial charge in [0.2, 0.25) is 0 Å². The number of nitrogens with two attached hydrogens (primary N) is 1. The van der Waals surface area contributed by atoms with Gasteiger partial charge in [-0.15, -0.1) is 0 Å². The molecule has 0 bridgehead atoms. The van der Waals surface area contributed by atoms with Gasteiger partial charge in [0, 0.05) is 24.1 Å². The van der Waals surface area contributed by atoms with E-state index in [-0.39, 0.29) is 17.1 Å². The van der Waals surface area contributed by atoms with Gasteiger partial charge in [-0.3, -0.25) is 9.69 Å². The van der Waals surface area contributed by atoms with Crippen LogP contribution in [-0.4, -0.2) is 35.0 Å². The molecule has 2 aromatic rings. The maximum absolute atomic E-state index is 11.5. The fraction of sp³-hybridized carbons (Fsp3) is 0.429. The summed E-state index contributed by atoms with van der Waals surface area (Å²) in [5.41, 5.74) is 7.37. The number of primary amides is 1. The summed E-state index contributed by atoms with van der Waals surface area (Å²) >= 11 is 0. The maximum atomic E-state index is 11.5. The van der Waals surface area contributed by atoms with E-state index in [0.29, 0.717) is 12.1 Å². The van der Waals surface area contributed by atoms with Crippen molar-refractivity contribution in [2.45, 2.75) is 45.1 Å². The Kier molecular flexibility index (Phi) is 5.11. The minimum atomic E-state index is -0.889. The predicted octanol–water partition coefficient (Wildman–Crippen LogP) is 3.36. The second kappa shape index (κ2) is 7.19. The lowest BCUT2D eigenvalue weighted by Crippen LogP contribution is -2.22. The summed E-state index contributed by atoms with van der Waals surface area (Å²) < 4.78 is 5.73. The number of benzene rings is 1. The highest BCUT2D eigenvalue weighted by Gasteiger charge is 2.30. The van der Waals surface area contributed by atoms with Gasteiger partial charge < -0.3 is 15.3 Å². The number of rotatable bonds is 5. The van der Waals surface area contributed by atoms with Crippen molar-refractivity contribution in [2.75, 3.05) is 13.1 Å². The molecule has 3 rings (SSSR count). The van der Waals surface area contributed by atoms with Crippen LogP contribution in [0.15, 0.2) is 34.7 Å². The summed E-state index contributed by atoms with van der Waals surface area (Å²) in [6.07, 6.45) is 0.898. The molecule has 6 heteroatoms. The fourth-order valence-electron chi connectivity index (χ4n) is 3.82. The van der Waals surface area contributed by atoms with Gasteiger partial charge in [-0.1, -0.05) is 39.0 Å². The van der Waals surface area contributed by atoms with E-state index in [1.165, 1.54) is 0 Å². The number of carbonyl (C=O) groups is 2. The first kappa shape index (κ1) is 19.2. The van der Waals surface area contributed by atoms with Gasteiger partial charge in [0.25, 0.3) is 5.91 Å². The predicted molar refractivity (Wildman–Crippen MR) is 102 cm³/mol. The Morgan fingerprint density at radius 1 is 1.30 bits per heavy atom. The van der Waals surface area contributed by atoms with Crippen molar-refractivity contribution in [3.05, 3.63) is 58.5 Å². The molecule has 1 saturated heterocycles. The normalized spacial score (nSPS) is 18.0. The Balaban J connectivity index is 1.80. The fourth-order valence-corrected chi connectivity index (χ4v) is 3.82. The molecule has 0 saturated carbocycles. The molecule has 144 valence electrons. The first-order valence-electron chi connectivity index (χ1n) is 9.14. The SMILES string of the molecule is CC(C)(C)c1oc(C(N)=O)cc1CN1CC[C@@H](c2ccccc2C(=O)O)C1. The Morgan fingerprint density at radius 2 is 2.00 bits per heavy atom. The molecule has 27 heavy (non-hydrogen) atoms. The Morgan fingerprint density at radius 3 is 2.63 bits per heavy atom. The number of hydrogen-bond acceptors (Lipinski definition) is 4. The number of likely N-dealkylation sites (tertiary alicyclic amines) is 1. The molecule has 3 N–H and O–H groups in total. The third kappa shape index (κ3) is 4.06. The number of hydrogen-bond donors (Lipinski definition) is 2. The molecule has 1 amide bonds. The molecule has 0 spiro atoms. The molecule has 1 aliphatic heterocycles. The van der Waals surface area contributed by atoms with E-state index in [2.05, 4.69) is 4.90 Å². The molecule has 1 fully saturated rings. The van der Waals surface area contributed by atoms with E-state index >= 15 is 0 Å². The quantitative estimate of drug-likeness (QED) is 0.841. The van der Waals surface area contributed by atoms with Crippen LogP contribution in [0, 0.1) is 0 Å². The summed E-state index contributed by atoms with van der Waals surface area (Å²) in [5.74, 6) is -0.327. The van der Waals surface area contributed by atoms with Crippen molar-refractivity contribution in [3.63, 3.8) is 0 Å². The molecule has 1 aromatic carbocycles. The first-order chi connectivity index (χ1) is 12.7. The van der Waals surface area contributed by atoms with Crippen LogP contribution in [0.1, 0.15) is 70.9 Å². The number of furan rings is 1. The molecule has 0 aliphatic carbocycles. The summed E-state index contributed by atoms with van der Waals surface area (Å²) in [6, 6.07) is 8.94. The molecule has 6 nitrogen and oxygen atoms in total. The van der Waals surface area contributed by atoms with Crippen molar-refractivity contribution in [1.29, 1.82) is 0 Å². The minimum absolute atomic E-state index is 0.179. The second-order valence-corrected chi connectivity index (χ2v) is 8.19. The highest BCUT2D eigenvalue weighted by atomic mass is 16.4. The molecule has 1 atom stereocenters. The van der Waals surface area contributed by atoms with E-state index in [1.54, 1.807) is 18.2 Å². The van der Waals surface area contributed by atoms with Crippen LogP contribution < -0.4 is 5.73 Å². The van der Waals surface area contributed by atoms with E-state index < -0.39 is 11.9 Å².